The molecule has 0 saturated carbocycles. The summed E-state index contributed by atoms with van der Waals surface area (Å²) in [6, 6.07) is 12.2. The van der Waals surface area contributed by atoms with Gasteiger partial charge < -0.3 is 10.5 Å². The van der Waals surface area contributed by atoms with Crippen LogP contribution in [0.15, 0.2) is 70.3 Å². The second kappa shape index (κ2) is 10.8. The molecule has 2 N–H and O–H groups in total. The standard InChI is InChI=1S/C23H24FN7O5S/c1-15(2)21(28-37(34,35)19-10-8-17(24)9-11-19)23(32)25-12-18-13-30(29-26-18)14-20-22(27-36-31(20)33)16-6-4-3-5-7-16/h3-11,13,15,21,28H,12,14H2,1-2H3,(H,25,32)/t21-/m0/s1. The van der Waals surface area contributed by atoms with Crippen molar-refractivity contribution in [2.24, 2.45) is 5.92 Å². The number of carbonyl (C=O) groups excluding carboxylic acids is 1. The summed E-state index contributed by atoms with van der Waals surface area (Å²) in [7, 11) is -4.06. The first-order valence-corrected chi connectivity index (χ1v) is 12.7. The fraction of sp³-hybridized carbons (Fsp3) is 0.261. The summed E-state index contributed by atoms with van der Waals surface area (Å²) < 4.78 is 47.0. The first-order chi connectivity index (χ1) is 17.6. The van der Waals surface area contributed by atoms with Gasteiger partial charge in [0.15, 0.2) is 0 Å². The van der Waals surface area contributed by atoms with Gasteiger partial charge in [0.05, 0.1) is 17.6 Å². The van der Waals surface area contributed by atoms with Gasteiger partial charge in [0, 0.05) is 10.7 Å². The average molecular weight is 530 g/mol. The van der Waals surface area contributed by atoms with Crippen molar-refractivity contribution in [3.05, 3.63) is 83.2 Å². The summed E-state index contributed by atoms with van der Waals surface area (Å²) in [6.45, 7) is 3.36. The van der Waals surface area contributed by atoms with E-state index < -0.39 is 27.8 Å². The molecule has 0 aliphatic rings. The number of aromatic nitrogens is 5. The molecule has 2 heterocycles. The quantitative estimate of drug-likeness (QED) is 0.292. The Balaban J connectivity index is 1.41. The van der Waals surface area contributed by atoms with E-state index in [9.17, 15) is 22.8 Å². The molecular weight excluding hydrogens is 505 g/mol. The van der Waals surface area contributed by atoms with Gasteiger partial charge >= 0.3 is 0 Å². The topological polar surface area (TPSA) is 159 Å². The van der Waals surface area contributed by atoms with Crippen LogP contribution >= 0.6 is 0 Å². The third kappa shape index (κ3) is 6.16. The van der Waals surface area contributed by atoms with Crippen molar-refractivity contribution in [1.82, 2.24) is 30.2 Å². The van der Waals surface area contributed by atoms with E-state index >= 15 is 0 Å². The predicted molar refractivity (Wildman–Crippen MR) is 127 cm³/mol. The second-order valence-corrected chi connectivity index (χ2v) is 10.2. The Morgan fingerprint density at radius 3 is 2.54 bits per heavy atom. The molecule has 14 heteroatoms. The molecule has 0 bridgehead atoms. The highest BCUT2D eigenvalue weighted by Crippen LogP contribution is 2.19. The number of rotatable bonds is 10. The average Bonchev–Trinajstić information content (AvgIpc) is 3.48. The zero-order chi connectivity index (χ0) is 26.6. The molecule has 2 aromatic carbocycles. The van der Waals surface area contributed by atoms with Gasteiger partial charge in [-0.1, -0.05) is 49.4 Å². The number of nitrogens with one attached hydrogen (secondary N) is 2. The number of benzene rings is 2. The molecule has 37 heavy (non-hydrogen) atoms. The van der Waals surface area contributed by atoms with E-state index in [0.717, 1.165) is 24.3 Å². The van der Waals surface area contributed by atoms with E-state index in [1.807, 2.05) is 18.2 Å². The minimum Gasteiger partial charge on any atom is -0.359 e. The summed E-state index contributed by atoms with van der Waals surface area (Å²) in [4.78, 5) is 13.0. The highest BCUT2D eigenvalue weighted by atomic mass is 32.2. The Morgan fingerprint density at radius 2 is 1.86 bits per heavy atom. The van der Waals surface area contributed by atoms with Crippen molar-refractivity contribution >= 4 is 15.9 Å². The minimum atomic E-state index is -4.06. The fourth-order valence-electron chi connectivity index (χ4n) is 3.49. The zero-order valence-electron chi connectivity index (χ0n) is 19.9. The van der Waals surface area contributed by atoms with Gasteiger partial charge in [-0.2, -0.15) is 4.72 Å². The molecule has 0 aliphatic carbocycles. The Bertz CT molecular complexity index is 1470. The largest absolute Gasteiger partial charge is 0.359 e. The maximum Gasteiger partial charge on any atom is 0.253 e. The number of halogens is 1. The first kappa shape index (κ1) is 25.9. The number of amides is 1. The Labute approximate surface area is 211 Å². The van der Waals surface area contributed by atoms with Crippen molar-refractivity contribution in [3.8, 4) is 11.3 Å². The van der Waals surface area contributed by atoms with Gasteiger partial charge in [0.1, 0.15) is 24.1 Å². The lowest BCUT2D eigenvalue weighted by molar-refractivity contribution is -0.808. The van der Waals surface area contributed by atoms with Gasteiger partial charge in [0.2, 0.25) is 21.6 Å². The van der Waals surface area contributed by atoms with Crippen LogP contribution in [-0.4, -0.2) is 40.5 Å². The van der Waals surface area contributed by atoms with Gasteiger partial charge in [-0.25, -0.2) is 17.5 Å². The lowest BCUT2D eigenvalue weighted by atomic mass is 10.1. The Hall–Kier alpha value is -4.17. The monoisotopic (exact) mass is 529 g/mol. The van der Waals surface area contributed by atoms with Crippen LogP contribution in [0.1, 0.15) is 25.2 Å². The molecule has 0 fully saturated rings. The van der Waals surface area contributed by atoms with Crippen molar-refractivity contribution in [1.29, 1.82) is 0 Å². The maximum atomic E-state index is 13.2. The molecule has 1 atom stereocenters. The summed E-state index contributed by atoms with van der Waals surface area (Å²) in [6.07, 6.45) is 1.54. The second-order valence-electron chi connectivity index (χ2n) is 8.51. The highest BCUT2D eigenvalue weighted by Gasteiger charge is 2.28. The van der Waals surface area contributed by atoms with Gasteiger partial charge in [0.25, 0.3) is 5.69 Å². The molecule has 2 aromatic heterocycles. The van der Waals surface area contributed by atoms with E-state index in [-0.39, 0.29) is 29.6 Å². The summed E-state index contributed by atoms with van der Waals surface area (Å²) >= 11 is 0. The number of nitrogens with zero attached hydrogens (tertiary/aromatic N) is 5. The minimum absolute atomic E-state index is 0.0181. The third-order valence-corrected chi connectivity index (χ3v) is 6.90. The lowest BCUT2D eigenvalue weighted by Gasteiger charge is -2.21. The third-order valence-electron chi connectivity index (χ3n) is 5.44. The van der Waals surface area contributed by atoms with Crippen molar-refractivity contribution < 1.29 is 27.1 Å². The predicted octanol–water partition coefficient (Wildman–Crippen LogP) is 1.37. The Kier molecular flexibility index (Phi) is 7.59. The number of hydrogen-bond acceptors (Lipinski definition) is 8. The number of carbonyl (C=O) groups is 1. The SMILES string of the molecule is CC(C)[C@H](NS(=O)(=O)c1ccc(F)cc1)C(=O)NCc1cn(Cc2c(-c3ccccc3)no[n+]2[O-])nn1. The van der Waals surface area contributed by atoms with Gasteiger partial charge in [-0.3, -0.25) is 9.42 Å². The lowest BCUT2D eigenvalue weighted by Crippen LogP contribution is -2.49. The van der Waals surface area contributed by atoms with Crippen LogP contribution in [0.2, 0.25) is 0 Å². The van der Waals surface area contributed by atoms with Crippen LogP contribution in [0.25, 0.3) is 11.3 Å². The molecule has 4 rings (SSSR count). The number of hydrogen-bond donors (Lipinski definition) is 2. The molecule has 1 amide bonds. The summed E-state index contributed by atoms with van der Waals surface area (Å²) in [5, 5.41) is 26.6. The normalized spacial score (nSPS) is 12.5. The fourth-order valence-corrected chi connectivity index (χ4v) is 4.84. The molecule has 0 aliphatic heterocycles. The van der Waals surface area contributed by atoms with Gasteiger partial charge in [-0.05, 0) is 35.1 Å². The van der Waals surface area contributed by atoms with E-state index in [1.54, 1.807) is 26.0 Å². The molecule has 12 nitrogen and oxygen atoms in total. The highest BCUT2D eigenvalue weighted by molar-refractivity contribution is 7.89. The molecular formula is C23H24FN7O5S. The van der Waals surface area contributed by atoms with E-state index in [1.165, 1.54) is 10.9 Å². The summed E-state index contributed by atoms with van der Waals surface area (Å²) in [5.41, 5.74) is 1.68. The van der Waals surface area contributed by atoms with Gasteiger partial charge in [-0.15, -0.1) is 5.10 Å². The molecule has 0 unspecified atom stereocenters. The van der Waals surface area contributed by atoms with Crippen LogP contribution < -0.4 is 14.9 Å². The van der Waals surface area contributed by atoms with Crippen molar-refractivity contribution in [2.45, 2.75) is 37.9 Å². The first-order valence-electron chi connectivity index (χ1n) is 11.2. The van der Waals surface area contributed by atoms with Crippen LogP contribution in [0.4, 0.5) is 4.39 Å². The molecule has 194 valence electrons. The smallest absolute Gasteiger partial charge is 0.253 e. The van der Waals surface area contributed by atoms with E-state index in [4.69, 9.17) is 4.63 Å². The molecule has 4 aromatic rings. The Morgan fingerprint density at radius 1 is 1.16 bits per heavy atom. The van der Waals surface area contributed by atoms with Crippen LogP contribution in [-0.2, 0) is 27.9 Å². The van der Waals surface area contributed by atoms with Crippen molar-refractivity contribution in [2.75, 3.05) is 0 Å². The molecule has 0 spiro atoms. The van der Waals surface area contributed by atoms with Crippen LogP contribution in [0, 0.1) is 16.9 Å². The maximum absolute atomic E-state index is 13.2. The summed E-state index contributed by atoms with van der Waals surface area (Å²) in [5.74, 6) is -1.53. The zero-order valence-corrected chi connectivity index (χ0v) is 20.7. The molecule has 0 saturated heterocycles. The number of sulfonamides is 1. The van der Waals surface area contributed by atoms with Crippen LogP contribution in [0.3, 0.4) is 0 Å². The van der Waals surface area contributed by atoms with Crippen LogP contribution in [0.5, 0.6) is 0 Å². The van der Waals surface area contributed by atoms with Crippen molar-refractivity contribution in [3.63, 3.8) is 0 Å². The van der Waals surface area contributed by atoms with E-state index in [2.05, 4.69) is 25.5 Å². The van der Waals surface area contributed by atoms with E-state index in [0.29, 0.717) is 21.9 Å². The molecule has 0 radical (unpaired) electrons.